The van der Waals surface area contributed by atoms with Crippen molar-refractivity contribution in [3.8, 4) is 17.3 Å². The van der Waals surface area contributed by atoms with E-state index in [0.717, 1.165) is 30.5 Å². The molecule has 2 heterocycles. The van der Waals surface area contributed by atoms with Crippen molar-refractivity contribution in [2.75, 3.05) is 25.6 Å². The van der Waals surface area contributed by atoms with Crippen LogP contribution in [0.1, 0.15) is 118 Å². The first-order valence-electron chi connectivity index (χ1n) is 20.4. The van der Waals surface area contributed by atoms with E-state index in [1.54, 1.807) is 31.3 Å². The van der Waals surface area contributed by atoms with Gasteiger partial charge in [-0.3, -0.25) is 14.3 Å². The fourth-order valence-corrected chi connectivity index (χ4v) is 6.15. The van der Waals surface area contributed by atoms with Crippen LogP contribution in [0.5, 0.6) is 5.75 Å². The summed E-state index contributed by atoms with van der Waals surface area (Å²) < 4.78 is 48.1. The molecule has 4 aromatic rings. The van der Waals surface area contributed by atoms with E-state index < -0.39 is 17.2 Å². The maximum absolute atomic E-state index is 15.3. The lowest BCUT2D eigenvalue weighted by Crippen LogP contribution is -2.23. The van der Waals surface area contributed by atoms with Gasteiger partial charge < -0.3 is 24.8 Å². The fraction of sp³-hybridized carbons (Fsp3) is 0.457. The van der Waals surface area contributed by atoms with Gasteiger partial charge in [0, 0.05) is 66.7 Å². The van der Waals surface area contributed by atoms with Gasteiger partial charge in [0.1, 0.15) is 41.1 Å². The highest BCUT2D eigenvalue weighted by molar-refractivity contribution is 5.92. The zero-order valence-electron chi connectivity index (χ0n) is 36.8. The summed E-state index contributed by atoms with van der Waals surface area (Å²) in [5.41, 5.74) is 2.34. The molecule has 0 saturated carbocycles. The number of aromatic nitrogens is 4. The molecule has 0 aliphatic heterocycles. The molecule has 2 N–H and O–H groups in total. The number of ether oxygens (including phenoxy) is 3. The molecule has 0 bridgehead atoms. The first-order valence-corrected chi connectivity index (χ1v) is 20.4. The second kappa shape index (κ2) is 25.1. The van der Waals surface area contributed by atoms with Crippen LogP contribution in [-0.2, 0) is 25.6 Å². The normalized spacial score (nSPS) is 12.1. The van der Waals surface area contributed by atoms with Gasteiger partial charge in [-0.25, -0.2) is 18.7 Å². The number of anilines is 1. The number of nitrogens with one attached hydrogen (secondary N) is 2. The predicted octanol–water partition coefficient (Wildman–Crippen LogP) is 10.8. The summed E-state index contributed by atoms with van der Waals surface area (Å²) in [4.78, 5) is 34.2. The molecule has 0 saturated heterocycles. The van der Waals surface area contributed by atoms with E-state index in [1.807, 2.05) is 72.7 Å². The van der Waals surface area contributed by atoms with Gasteiger partial charge in [0.25, 0.3) is 0 Å². The van der Waals surface area contributed by atoms with E-state index in [2.05, 4.69) is 24.1 Å². The Bertz CT molecular complexity index is 2010. The number of methoxy groups -OCH3 is 1. The highest BCUT2D eigenvalue weighted by Crippen LogP contribution is 2.35. The molecule has 322 valence electrons. The van der Waals surface area contributed by atoms with Crippen LogP contribution in [0.2, 0.25) is 0 Å². The number of rotatable bonds is 19. The number of nitrogens with zero attached hydrogens (tertiary/aromatic N) is 4. The Labute approximate surface area is 349 Å². The SMILES string of the molecule is C=C/C=C(\C=C(/C)NC(C)=O)Nc1nc(-c2nn(Cc3c(F)cc(OCCOC)cc3F)c3ccccc23)ncc1C(CCC)CCCC(=O)OC(C)(C)C.CC.CC. The molecule has 2 aromatic heterocycles. The van der Waals surface area contributed by atoms with Gasteiger partial charge >= 0.3 is 5.97 Å². The largest absolute Gasteiger partial charge is 0.491 e. The molecule has 0 aliphatic rings. The maximum atomic E-state index is 15.3. The van der Waals surface area contributed by atoms with E-state index >= 15 is 8.78 Å². The smallest absolute Gasteiger partial charge is 0.306 e. The topological polar surface area (TPSA) is 129 Å². The van der Waals surface area contributed by atoms with Crippen molar-refractivity contribution in [1.82, 2.24) is 25.1 Å². The van der Waals surface area contributed by atoms with E-state index in [4.69, 9.17) is 29.3 Å². The van der Waals surface area contributed by atoms with Gasteiger partial charge in [0.05, 0.1) is 18.7 Å². The summed E-state index contributed by atoms with van der Waals surface area (Å²) in [5, 5.41) is 11.7. The summed E-state index contributed by atoms with van der Waals surface area (Å²) in [6.45, 7) is 22.9. The van der Waals surface area contributed by atoms with Crippen molar-refractivity contribution in [2.45, 2.75) is 119 Å². The van der Waals surface area contributed by atoms with Crippen LogP contribution in [0.25, 0.3) is 22.4 Å². The lowest BCUT2D eigenvalue weighted by Gasteiger charge is -2.22. The molecule has 13 heteroatoms. The van der Waals surface area contributed by atoms with Crippen LogP contribution < -0.4 is 15.4 Å². The Morgan fingerprint density at radius 1 is 1.02 bits per heavy atom. The number of carbonyl (C=O) groups excluding carboxylic acids is 2. The zero-order valence-corrected chi connectivity index (χ0v) is 36.8. The number of allylic oxidation sites excluding steroid dienone is 4. The second-order valence-corrected chi connectivity index (χ2v) is 14.2. The monoisotopic (exact) mass is 818 g/mol. The van der Waals surface area contributed by atoms with Crippen molar-refractivity contribution in [2.24, 2.45) is 0 Å². The molecule has 11 nitrogen and oxygen atoms in total. The lowest BCUT2D eigenvalue weighted by atomic mass is 9.90. The van der Waals surface area contributed by atoms with E-state index in [9.17, 15) is 9.59 Å². The number of carbonyl (C=O) groups is 2. The zero-order chi connectivity index (χ0) is 44.1. The highest BCUT2D eigenvalue weighted by atomic mass is 19.1. The second-order valence-electron chi connectivity index (χ2n) is 14.2. The Morgan fingerprint density at radius 2 is 1.69 bits per heavy atom. The van der Waals surface area contributed by atoms with Gasteiger partial charge in [-0.1, -0.05) is 71.9 Å². The van der Waals surface area contributed by atoms with Crippen molar-refractivity contribution >= 4 is 28.6 Å². The Hall–Kier alpha value is -5.43. The quantitative estimate of drug-likeness (QED) is 0.0539. The van der Waals surface area contributed by atoms with Crippen LogP contribution in [0, 0.1) is 11.6 Å². The lowest BCUT2D eigenvalue weighted by molar-refractivity contribution is -0.155. The van der Waals surface area contributed by atoms with Crippen molar-refractivity contribution in [3.05, 3.63) is 102 Å². The molecular formula is C46H64F2N6O5. The van der Waals surface area contributed by atoms with Crippen LogP contribution in [-0.4, -0.2) is 57.5 Å². The van der Waals surface area contributed by atoms with Gasteiger partial charge in [-0.2, -0.15) is 5.10 Å². The first-order chi connectivity index (χ1) is 28.2. The Kier molecular flexibility index (Phi) is 21.2. The van der Waals surface area contributed by atoms with Crippen LogP contribution in [0.4, 0.5) is 14.6 Å². The predicted molar refractivity (Wildman–Crippen MR) is 233 cm³/mol. The molecule has 0 spiro atoms. The first kappa shape index (κ1) is 49.7. The number of fused-ring (bicyclic) bond motifs is 1. The third-order valence-corrected chi connectivity index (χ3v) is 8.40. The molecule has 1 unspecified atom stereocenters. The number of halogens is 2. The molecule has 59 heavy (non-hydrogen) atoms. The number of para-hydroxylation sites is 1. The third kappa shape index (κ3) is 15.7. The Balaban J connectivity index is 0.00000291. The number of benzene rings is 2. The third-order valence-electron chi connectivity index (χ3n) is 8.40. The molecule has 1 amide bonds. The number of hydrogen-bond acceptors (Lipinski definition) is 9. The summed E-state index contributed by atoms with van der Waals surface area (Å²) in [6, 6.07) is 9.65. The van der Waals surface area contributed by atoms with Crippen LogP contribution >= 0.6 is 0 Å². The van der Waals surface area contributed by atoms with Crippen molar-refractivity contribution < 1.29 is 32.6 Å². The van der Waals surface area contributed by atoms with Gasteiger partial charge in [0.2, 0.25) is 5.91 Å². The van der Waals surface area contributed by atoms with Crippen LogP contribution in [0.3, 0.4) is 0 Å². The number of hydrogen-bond donors (Lipinski definition) is 2. The van der Waals surface area contributed by atoms with Gasteiger partial charge in [0.15, 0.2) is 5.82 Å². The molecule has 0 radical (unpaired) electrons. The van der Waals surface area contributed by atoms with Gasteiger partial charge in [-0.05, 0) is 71.1 Å². The maximum Gasteiger partial charge on any atom is 0.306 e. The molecule has 2 aromatic carbocycles. The van der Waals surface area contributed by atoms with Crippen LogP contribution in [0.15, 0.2) is 78.8 Å². The molecular weight excluding hydrogens is 755 g/mol. The summed E-state index contributed by atoms with van der Waals surface area (Å²) >= 11 is 0. The summed E-state index contributed by atoms with van der Waals surface area (Å²) in [7, 11) is 1.51. The van der Waals surface area contributed by atoms with Crippen molar-refractivity contribution in [3.63, 3.8) is 0 Å². The molecule has 0 fully saturated rings. The molecule has 0 aliphatic carbocycles. The minimum absolute atomic E-state index is 0.0175. The van der Waals surface area contributed by atoms with Crippen molar-refractivity contribution in [1.29, 1.82) is 0 Å². The average Bonchev–Trinajstić information content (AvgIpc) is 3.55. The minimum Gasteiger partial charge on any atom is -0.491 e. The molecule has 4 rings (SSSR count). The number of esters is 1. The van der Waals surface area contributed by atoms with Gasteiger partial charge in [-0.15, -0.1) is 0 Å². The average molecular weight is 819 g/mol. The standard InChI is InChI=1S/C42H52F2N6O5.2C2H6/c1-9-14-29(16-13-19-38(52)55-42(5,6)7)33-25-45-41(48-40(33)47-30(15-10-2)22-27(3)46-28(4)51)39-32-17-11-12-18-37(32)50(49-39)26-34-35(43)23-31(24-36(34)44)54-21-20-53-8;2*1-2/h10-12,15,17-18,22-25,29H,2,9,13-14,16,19-21,26H2,1,3-8H3,(H,46,51)(H,45,47,48);2*1-2H3/b27-22+,30-15+;;. The van der Waals surface area contributed by atoms with E-state index in [-0.39, 0.29) is 61.1 Å². The van der Waals surface area contributed by atoms with E-state index in [0.29, 0.717) is 46.7 Å². The Morgan fingerprint density at radius 3 is 2.31 bits per heavy atom. The summed E-state index contributed by atoms with van der Waals surface area (Å²) in [5.74, 6) is -1.16. The summed E-state index contributed by atoms with van der Waals surface area (Å²) in [6.07, 6.45) is 10.1. The number of amides is 1. The highest BCUT2D eigenvalue weighted by Gasteiger charge is 2.23. The van der Waals surface area contributed by atoms with E-state index in [1.165, 1.54) is 18.7 Å². The fourth-order valence-electron chi connectivity index (χ4n) is 6.15. The molecule has 1 atom stereocenters. The minimum atomic E-state index is -0.765.